The molecule has 0 radical (unpaired) electrons. The van der Waals surface area contributed by atoms with Crippen LogP contribution in [-0.2, 0) is 6.61 Å². The van der Waals surface area contributed by atoms with Crippen LogP contribution in [-0.4, -0.2) is 15.0 Å². The van der Waals surface area contributed by atoms with Crippen LogP contribution in [0.4, 0.5) is 11.4 Å². The molecule has 7 nitrogen and oxygen atoms in total. The lowest BCUT2D eigenvalue weighted by Gasteiger charge is -2.01. The molecule has 1 rings (SSSR count). The van der Waals surface area contributed by atoms with Gasteiger partial charge in [-0.05, 0) is 6.07 Å². The summed E-state index contributed by atoms with van der Waals surface area (Å²) in [6.45, 7) is -0.603. The molecule has 0 atom stereocenters. The predicted molar refractivity (Wildman–Crippen MR) is 50.7 cm³/mol. The van der Waals surface area contributed by atoms with E-state index in [0.29, 0.717) is 0 Å². The van der Waals surface area contributed by atoms with Crippen molar-refractivity contribution in [2.24, 2.45) is 0 Å². The van der Waals surface area contributed by atoms with E-state index in [4.69, 9.17) is 16.7 Å². The first-order chi connectivity index (χ1) is 6.99. The van der Waals surface area contributed by atoms with Gasteiger partial charge >= 0.3 is 0 Å². The quantitative estimate of drug-likeness (QED) is 0.630. The zero-order valence-electron chi connectivity index (χ0n) is 7.21. The number of aliphatic hydroxyl groups is 1. The Bertz CT molecular complexity index is 434. The Hall–Kier alpha value is -1.73. The van der Waals surface area contributed by atoms with E-state index in [2.05, 4.69) is 0 Å². The van der Waals surface area contributed by atoms with Gasteiger partial charge in [-0.2, -0.15) is 0 Å². The van der Waals surface area contributed by atoms with Crippen molar-refractivity contribution in [2.75, 3.05) is 0 Å². The number of hydrogen-bond donors (Lipinski definition) is 1. The van der Waals surface area contributed by atoms with Crippen LogP contribution < -0.4 is 0 Å². The summed E-state index contributed by atoms with van der Waals surface area (Å²) in [4.78, 5) is 19.3. The smallest absolute Gasteiger partial charge is 0.300 e. The standard InChI is InChI=1S/C7H5ClN2O5/c8-6-5(9(12)13)2-1-4(3-11)7(6)10(14)15/h1-2,11H,3H2. The van der Waals surface area contributed by atoms with Crippen molar-refractivity contribution in [3.05, 3.63) is 42.9 Å². The average Bonchev–Trinajstić information content (AvgIpc) is 2.15. The highest BCUT2D eigenvalue weighted by Gasteiger charge is 2.26. The fourth-order valence-electron chi connectivity index (χ4n) is 1.06. The van der Waals surface area contributed by atoms with Gasteiger partial charge in [0.05, 0.1) is 22.0 Å². The van der Waals surface area contributed by atoms with Gasteiger partial charge in [-0.15, -0.1) is 0 Å². The number of rotatable bonds is 3. The molecule has 80 valence electrons. The molecule has 1 aromatic carbocycles. The molecular formula is C7H5ClN2O5. The summed E-state index contributed by atoms with van der Waals surface area (Å²) in [5.74, 6) is 0. The second kappa shape index (κ2) is 4.20. The Morgan fingerprint density at radius 2 is 1.87 bits per heavy atom. The lowest BCUT2D eigenvalue weighted by atomic mass is 10.1. The fourth-order valence-corrected chi connectivity index (χ4v) is 1.38. The number of nitro benzene ring substituents is 2. The van der Waals surface area contributed by atoms with Crippen LogP contribution in [0.5, 0.6) is 0 Å². The zero-order valence-corrected chi connectivity index (χ0v) is 7.97. The van der Waals surface area contributed by atoms with Crippen molar-refractivity contribution in [1.29, 1.82) is 0 Å². The van der Waals surface area contributed by atoms with E-state index in [-0.39, 0.29) is 5.56 Å². The van der Waals surface area contributed by atoms with E-state index in [0.717, 1.165) is 12.1 Å². The molecule has 0 bridgehead atoms. The number of hydrogen-bond acceptors (Lipinski definition) is 5. The van der Waals surface area contributed by atoms with Gasteiger partial charge in [0.25, 0.3) is 11.4 Å². The Morgan fingerprint density at radius 1 is 1.27 bits per heavy atom. The molecule has 0 saturated heterocycles. The van der Waals surface area contributed by atoms with Crippen LogP contribution in [0.25, 0.3) is 0 Å². The molecule has 8 heteroatoms. The highest BCUT2D eigenvalue weighted by Crippen LogP contribution is 2.36. The van der Waals surface area contributed by atoms with E-state index in [1.54, 1.807) is 0 Å². The summed E-state index contributed by atoms with van der Waals surface area (Å²) >= 11 is 5.49. The van der Waals surface area contributed by atoms with Gasteiger partial charge in [0, 0.05) is 6.07 Å². The molecule has 1 N–H and O–H groups in total. The number of nitro groups is 2. The van der Waals surface area contributed by atoms with Gasteiger partial charge in [-0.25, -0.2) is 0 Å². The molecule has 0 aromatic heterocycles. The lowest BCUT2D eigenvalue weighted by Crippen LogP contribution is -1.99. The monoisotopic (exact) mass is 232 g/mol. The first kappa shape index (κ1) is 11.3. The zero-order chi connectivity index (χ0) is 11.6. The first-order valence-electron chi connectivity index (χ1n) is 3.70. The first-order valence-corrected chi connectivity index (χ1v) is 4.07. The number of benzene rings is 1. The van der Waals surface area contributed by atoms with Crippen LogP contribution in [0.1, 0.15) is 5.56 Å². The van der Waals surface area contributed by atoms with E-state index in [1.165, 1.54) is 0 Å². The van der Waals surface area contributed by atoms with Crippen molar-refractivity contribution in [2.45, 2.75) is 6.61 Å². The van der Waals surface area contributed by atoms with Gasteiger partial charge in [0.1, 0.15) is 0 Å². The average molecular weight is 233 g/mol. The summed E-state index contributed by atoms with van der Waals surface area (Å²) in [6, 6.07) is 2.11. The molecule has 0 aliphatic rings. The molecule has 0 fully saturated rings. The van der Waals surface area contributed by atoms with Crippen LogP contribution in [0.2, 0.25) is 5.02 Å². The van der Waals surface area contributed by atoms with Gasteiger partial charge in [-0.3, -0.25) is 20.2 Å². The second-order valence-corrected chi connectivity index (χ2v) is 2.96. The molecule has 0 spiro atoms. The van der Waals surface area contributed by atoms with Gasteiger partial charge < -0.3 is 5.11 Å². The predicted octanol–water partition coefficient (Wildman–Crippen LogP) is 1.65. The third-order valence-electron chi connectivity index (χ3n) is 1.73. The third kappa shape index (κ3) is 2.03. The molecular weight excluding hydrogens is 228 g/mol. The molecule has 0 saturated carbocycles. The van der Waals surface area contributed by atoms with Crippen LogP contribution >= 0.6 is 11.6 Å². The SMILES string of the molecule is O=[N+]([O-])c1ccc(CO)c([N+](=O)[O-])c1Cl. The summed E-state index contributed by atoms with van der Waals surface area (Å²) in [7, 11) is 0. The summed E-state index contributed by atoms with van der Waals surface area (Å²) in [6.07, 6.45) is 0. The Balaban J connectivity index is 3.49. The second-order valence-electron chi connectivity index (χ2n) is 2.58. The molecule has 0 aliphatic carbocycles. The summed E-state index contributed by atoms with van der Waals surface area (Å²) in [5, 5.41) is 29.2. The molecule has 1 aromatic rings. The maximum absolute atomic E-state index is 10.6. The van der Waals surface area contributed by atoms with Crippen molar-refractivity contribution in [3.63, 3.8) is 0 Å². The Labute approximate surface area is 88.2 Å². The largest absolute Gasteiger partial charge is 0.391 e. The Morgan fingerprint density at radius 3 is 2.27 bits per heavy atom. The maximum Gasteiger partial charge on any atom is 0.300 e. The minimum absolute atomic E-state index is 0.0596. The molecule has 0 aliphatic heterocycles. The van der Waals surface area contributed by atoms with E-state index in [9.17, 15) is 20.2 Å². The van der Waals surface area contributed by atoms with Gasteiger partial charge in [0.15, 0.2) is 5.02 Å². The minimum atomic E-state index is -0.860. The number of halogens is 1. The van der Waals surface area contributed by atoms with Crippen LogP contribution in [0, 0.1) is 20.2 Å². The number of aliphatic hydroxyl groups excluding tert-OH is 1. The van der Waals surface area contributed by atoms with Crippen LogP contribution in [0.15, 0.2) is 12.1 Å². The van der Waals surface area contributed by atoms with Gasteiger partial charge in [0.2, 0.25) is 0 Å². The van der Waals surface area contributed by atoms with Gasteiger partial charge in [-0.1, -0.05) is 11.6 Å². The lowest BCUT2D eigenvalue weighted by molar-refractivity contribution is -0.394. The summed E-state index contributed by atoms with van der Waals surface area (Å²) < 4.78 is 0. The molecule has 0 unspecified atom stereocenters. The third-order valence-corrected chi connectivity index (χ3v) is 2.10. The van der Waals surface area contributed by atoms with Crippen LogP contribution in [0.3, 0.4) is 0 Å². The van der Waals surface area contributed by atoms with Crippen molar-refractivity contribution in [1.82, 2.24) is 0 Å². The summed E-state index contributed by atoms with van der Waals surface area (Å²) in [5.41, 5.74) is -1.25. The topological polar surface area (TPSA) is 107 Å². The van der Waals surface area contributed by atoms with Crippen molar-refractivity contribution in [3.8, 4) is 0 Å². The van der Waals surface area contributed by atoms with Crippen molar-refractivity contribution >= 4 is 23.0 Å². The molecule has 15 heavy (non-hydrogen) atoms. The van der Waals surface area contributed by atoms with E-state index in [1.807, 2.05) is 0 Å². The Kier molecular flexibility index (Phi) is 3.17. The number of nitrogens with zero attached hydrogens (tertiary/aromatic N) is 2. The maximum atomic E-state index is 10.6. The minimum Gasteiger partial charge on any atom is -0.391 e. The van der Waals surface area contributed by atoms with Crippen molar-refractivity contribution < 1.29 is 15.0 Å². The fraction of sp³-hybridized carbons (Fsp3) is 0.143. The highest BCUT2D eigenvalue weighted by molar-refractivity contribution is 6.34. The molecule has 0 heterocycles. The van der Waals surface area contributed by atoms with E-state index < -0.39 is 32.9 Å². The van der Waals surface area contributed by atoms with E-state index >= 15 is 0 Å². The molecule has 0 amide bonds. The highest BCUT2D eigenvalue weighted by atomic mass is 35.5. The normalized spacial score (nSPS) is 10.0.